The molecule has 0 N–H and O–H groups in total. The Bertz CT molecular complexity index is 429. The number of pyridine rings is 1. The molecule has 0 radical (unpaired) electrons. The second-order valence-electron chi connectivity index (χ2n) is 3.07. The Labute approximate surface area is 116 Å². The molecule has 3 nitrogen and oxygen atoms in total. The third-order valence-corrected chi connectivity index (χ3v) is 3.04. The van der Waals surface area contributed by atoms with Gasteiger partial charge in [-0.2, -0.15) is 0 Å². The number of carbonyl (C=O) groups excluding carboxylic acids is 1. The summed E-state index contributed by atoms with van der Waals surface area (Å²) < 4.78 is 30.2. The quantitative estimate of drug-likeness (QED) is 0.598. The fourth-order valence-electron chi connectivity index (χ4n) is 1.15. The number of alkyl halides is 2. The molecule has 94 valence electrons. The molecule has 0 aliphatic heterocycles. The lowest BCUT2D eigenvalue weighted by Crippen LogP contribution is -2.11. The van der Waals surface area contributed by atoms with E-state index in [9.17, 15) is 13.6 Å². The summed E-state index contributed by atoms with van der Waals surface area (Å²) in [5.41, 5.74) is -0.255. The first-order valence-electron chi connectivity index (χ1n) is 4.74. The Morgan fingerprint density at radius 3 is 2.82 bits per heavy atom. The van der Waals surface area contributed by atoms with Crippen LogP contribution in [0.5, 0.6) is 0 Å². The van der Waals surface area contributed by atoms with E-state index in [2.05, 4.69) is 4.98 Å². The number of esters is 1. The van der Waals surface area contributed by atoms with Gasteiger partial charge in [-0.3, -0.25) is 4.79 Å². The van der Waals surface area contributed by atoms with E-state index in [1.165, 1.54) is 6.07 Å². The number of carbonyl (C=O) groups is 1. The monoisotopic (exact) mass is 375 g/mol. The standard InChI is InChI=1S/C10H9ClF2INO2/c1-2-17-8(16)4-7-5(11)3-6(14)9(15-7)10(12)13/h3,10H,2,4H2,1H3. The molecular weight excluding hydrogens is 366 g/mol. The van der Waals surface area contributed by atoms with Crippen molar-refractivity contribution >= 4 is 40.2 Å². The van der Waals surface area contributed by atoms with E-state index in [-0.39, 0.29) is 33.0 Å². The SMILES string of the molecule is CCOC(=O)Cc1nc(C(F)F)c(I)cc1Cl. The summed E-state index contributed by atoms with van der Waals surface area (Å²) in [5.74, 6) is -0.539. The van der Waals surface area contributed by atoms with Crippen LogP contribution in [0, 0.1) is 3.57 Å². The van der Waals surface area contributed by atoms with E-state index in [4.69, 9.17) is 16.3 Å². The maximum Gasteiger partial charge on any atom is 0.311 e. The average molecular weight is 376 g/mol. The smallest absolute Gasteiger partial charge is 0.311 e. The Morgan fingerprint density at radius 2 is 2.29 bits per heavy atom. The van der Waals surface area contributed by atoms with E-state index in [0.29, 0.717) is 0 Å². The Hall–Kier alpha value is -0.500. The van der Waals surface area contributed by atoms with Gasteiger partial charge in [0, 0.05) is 3.57 Å². The Balaban J connectivity index is 2.99. The zero-order chi connectivity index (χ0) is 13.0. The lowest BCUT2D eigenvalue weighted by molar-refractivity contribution is -0.142. The van der Waals surface area contributed by atoms with Crippen molar-refractivity contribution < 1.29 is 18.3 Å². The van der Waals surface area contributed by atoms with E-state index < -0.39 is 12.4 Å². The molecule has 0 amide bonds. The van der Waals surface area contributed by atoms with Crippen molar-refractivity contribution in [1.29, 1.82) is 0 Å². The molecule has 1 heterocycles. The molecule has 0 aliphatic carbocycles. The minimum Gasteiger partial charge on any atom is -0.466 e. The Kier molecular flexibility index (Phi) is 5.51. The van der Waals surface area contributed by atoms with Gasteiger partial charge in [-0.25, -0.2) is 13.8 Å². The second-order valence-corrected chi connectivity index (χ2v) is 4.64. The summed E-state index contributed by atoms with van der Waals surface area (Å²) in [5, 5.41) is 0.187. The summed E-state index contributed by atoms with van der Waals surface area (Å²) >= 11 is 7.56. The van der Waals surface area contributed by atoms with Crippen molar-refractivity contribution in [2.75, 3.05) is 6.61 Å². The zero-order valence-electron chi connectivity index (χ0n) is 8.84. The van der Waals surface area contributed by atoms with Crippen molar-refractivity contribution in [1.82, 2.24) is 4.98 Å². The van der Waals surface area contributed by atoms with E-state index in [0.717, 1.165) is 0 Å². The summed E-state index contributed by atoms with van der Waals surface area (Å²) in [6.07, 6.45) is -2.90. The first kappa shape index (κ1) is 14.6. The fraction of sp³-hybridized carbons (Fsp3) is 0.400. The molecule has 0 atom stereocenters. The molecule has 0 spiro atoms. The number of nitrogens with zero attached hydrogens (tertiary/aromatic N) is 1. The summed E-state index contributed by atoms with van der Waals surface area (Å²) in [7, 11) is 0. The van der Waals surface area contributed by atoms with Crippen LogP contribution >= 0.6 is 34.2 Å². The lowest BCUT2D eigenvalue weighted by atomic mass is 10.2. The van der Waals surface area contributed by atoms with Gasteiger partial charge in [-0.15, -0.1) is 0 Å². The maximum atomic E-state index is 12.6. The number of ether oxygens (including phenoxy) is 1. The zero-order valence-corrected chi connectivity index (χ0v) is 11.8. The number of aromatic nitrogens is 1. The van der Waals surface area contributed by atoms with E-state index >= 15 is 0 Å². The molecule has 17 heavy (non-hydrogen) atoms. The van der Waals surface area contributed by atoms with Crippen LogP contribution in [-0.4, -0.2) is 17.6 Å². The van der Waals surface area contributed by atoms with Gasteiger partial charge in [0.05, 0.1) is 23.7 Å². The second kappa shape index (κ2) is 6.44. The third kappa shape index (κ3) is 4.02. The maximum absolute atomic E-state index is 12.6. The molecule has 7 heteroatoms. The van der Waals surface area contributed by atoms with Gasteiger partial charge in [0.2, 0.25) is 0 Å². The van der Waals surface area contributed by atoms with Gasteiger partial charge in [0.1, 0.15) is 5.69 Å². The molecule has 0 aliphatic rings. The summed E-state index contributed by atoms with van der Waals surface area (Å²) in [6, 6.07) is 1.37. The number of hydrogen-bond acceptors (Lipinski definition) is 3. The van der Waals surface area contributed by atoms with Crippen molar-refractivity contribution in [3.05, 3.63) is 26.0 Å². The van der Waals surface area contributed by atoms with Crippen LogP contribution in [0.1, 0.15) is 24.7 Å². The fourth-order valence-corrected chi connectivity index (χ4v) is 2.22. The van der Waals surface area contributed by atoms with Crippen LogP contribution in [0.15, 0.2) is 6.07 Å². The largest absolute Gasteiger partial charge is 0.466 e. The molecule has 0 unspecified atom stereocenters. The average Bonchev–Trinajstić information content (AvgIpc) is 2.21. The van der Waals surface area contributed by atoms with Gasteiger partial charge >= 0.3 is 5.97 Å². The van der Waals surface area contributed by atoms with Crippen molar-refractivity contribution in [2.24, 2.45) is 0 Å². The van der Waals surface area contributed by atoms with Gasteiger partial charge in [0.25, 0.3) is 6.43 Å². The normalized spacial score (nSPS) is 10.7. The van der Waals surface area contributed by atoms with Crippen molar-refractivity contribution in [3.63, 3.8) is 0 Å². The highest BCUT2D eigenvalue weighted by Gasteiger charge is 2.18. The molecule has 0 bridgehead atoms. The summed E-state index contributed by atoms with van der Waals surface area (Å²) in [4.78, 5) is 14.9. The van der Waals surface area contributed by atoms with Crippen LogP contribution in [0.2, 0.25) is 5.02 Å². The molecule has 0 saturated carbocycles. The van der Waals surface area contributed by atoms with Crippen LogP contribution in [-0.2, 0) is 16.0 Å². The highest BCUT2D eigenvalue weighted by Crippen LogP contribution is 2.27. The minimum atomic E-state index is -2.69. The molecule has 1 rings (SSSR count). The predicted molar refractivity (Wildman–Crippen MR) is 67.3 cm³/mol. The van der Waals surface area contributed by atoms with Gasteiger partial charge < -0.3 is 4.74 Å². The molecule has 0 saturated heterocycles. The van der Waals surface area contributed by atoms with Gasteiger partial charge in [-0.05, 0) is 35.6 Å². The van der Waals surface area contributed by atoms with Crippen LogP contribution in [0.4, 0.5) is 8.78 Å². The third-order valence-electron chi connectivity index (χ3n) is 1.85. The topological polar surface area (TPSA) is 39.2 Å². The van der Waals surface area contributed by atoms with E-state index in [1.807, 2.05) is 0 Å². The van der Waals surface area contributed by atoms with Crippen molar-refractivity contribution in [2.45, 2.75) is 19.8 Å². The first-order valence-corrected chi connectivity index (χ1v) is 6.20. The van der Waals surface area contributed by atoms with E-state index in [1.54, 1.807) is 29.5 Å². The molecule has 0 fully saturated rings. The van der Waals surface area contributed by atoms with Crippen molar-refractivity contribution in [3.8, 4) is 0 Å². The van der Waals surface area contributed by atoms with Crippen LogP contribution in [0.3, 0.4) is 0 Å². The number of rotatable bonds is 4. The molecule has 1 aromatic heterocycles. The van der Waals surface area contributed by atoms with Crippen LogP contribution in [0.25, 0.3) is 0 Å². The number of hydrogen-bond donors (Lipinski definition) is 0. The first-order chi connectivity index (χ1) is 7.95. The molecular formula is C10H9ClF2INO2. The lowest BCUT2D eigenvalue weighted by Gasteiger charge is -2.08. The summed E-state index contributed by atoms with van der Waals surface area (Å²) in [6.45, 7) is 1.88. The predicted octanol–water partition coefficient (Wildman–Crippen LogP) is 3.38. The van der Waals surface area contributed by atoms with Gasteiger partial charge in [0.15, 0.2) is 0 Å². The van der Waals surface area contributed by atoms with Crippen LogP contribution < -0.4 is 0 Å². The van der Waals surface area contributed by atoms with Gasteiger partial charge in [-0.1, -0.05) is 11.6 Å². The highest BCUT2D eigenvalue weighted by atomic mass is 127. The highest BCUT2D eigenvalue weighted by molar-refractivity contribution is 14.1. The minimum absolute atomic E-state index is 0.112. The molecule has 0 aromatic carbocycles. The Morgan fingerprint density at radius 1 is 1.65 bits per heavy atom. The number of halogens is 4. The molecule has 1 aromatic rings.